The molecule has 1 heterocycles. The van der Waals surface area contributed by atoms with Gasteiger partial charge in [0.1, 0.15) is 0 Å². The van der Waals surface area contributed by atoms with Crippen molar-refractivity contribution < 1.29 is 4.74 Å². The molecule has 1 aromatic rings. The summed E-state index contributed by atoms with van der Waals surface area (Å²) in [6, 6.07) is 7.17. The largest absolute Gasteiger partial charge is 0.374 e. The normalized spacial score (nSPS) is 24.0. The van der Waals surface area contributed by atoms with Crippen LogP contribution in [-0.4, -0.2) is 24.8 Å². The highest BCUT2D eigenvalue weighted by Gasteiger charge is 2.38. The zero-order valence-electron chi connectivity index (χ0n) is 13.5. The van der Waals surface area contributed by atoms with Crippen molar-refractivity contribution in [3.63, 3.8) is 0 Å². The van der Waals surface area contributed by atoms with Crippen LogP contribution in [0.4, 0.5) is 0 Å². The van der Waals surface area contributed by atoms with Crippen molar-refractivity contribution in [1.29, 1.82) is 0 Å². The summed E-state index contributed by atoms with van der Waals surface area (Å²) in [5.74, 6) is 0. The number of benzene rings is 1. The number of hydrogen-bond donors (Lipinski definition) is 1. The molecule has 1 saturated heterocycles. The summed E-state index contributed by atoms with van der Waals surface area (Å²) in [5.41, 5.74) is 4.18. The summed E-state index contributed by atoms with van der Waals surface area (Å²) in [6.45, 7) is 10.9. The molecule has 112 valence electrons. The first-order valence-electron chi connectivity index (χ1n) is 7.98. The fourth-order valence-electron chi connectivity index (χ4n) is 3.14. The van der Waals surface area contributed by atoms with Gasteiger partial charge in [-0.2, -0.15) is 0 Å². The van der Waals surface area contributed by atoms with Crippen molar-refractivity contribution >= 4 is 0 Å². The van der Waals surface area contributed by atoms with Crippen molar-refractivity contribution in [3.8, 4) is 0 Å². The molecule has 1 aliphatic heterocycles. The molecular formula is C18H29NO. The predicted molar refractivity (Wildman–Crippen MR) is 85.3 cm³/mol. The maximum absolute atomic E-state index is 6.08. The van der Waals surface area contributed by atoms with Gasteiger partial charge in [-0.15, -0.1) is 0 Å². The van der Waals surface area contributed by atoms with E-state index in [1.165, 1.54) is 36.0 Å². The Bertz CT molecular complexity index is 435. The first kappa shape index (κ1) is 15.5. The number of rotatable bonds is 6. The van der Waals surface area contributed by atoms with Crippen LogP contribution >= 0.6 is 0 Å². The molecule has 0 bridgehead atoms. The van der Waals surface area contributed by atoms with Crippen molar-refractivity contribution in [1.82, 2.24) is 5.32 Å². The Balaban J connectivity index is 2.16. The van der Waals surface area contributed by atoms with E-state index in [2.05, 4.69) is 51.2 Å². The zero-order valence-corrected chi connectivity index (χ0v) is 13.5. The molecule has 1 fully saturated rings. The first-order chi connectivity index (χ1) is 9.55. The van der Waals surface area contributed by atoms with Gasteiger partial charge < -0.3 is 10.1 Å². The van der Waals surface area contributed by atoms with E-state index in [9.17, 15) is 0 Å². The van der Waals surface area contributed by atoms with E-state index < -0.39 is 0 Å². The molecule has 0 spiro atoms. The van der Waals surface area contributed by atoms with Gasteiger partial charge in [-0.3, -0.25) is 0 Å². The third-order valence-electron chi connectivity index (χ3n) is 4.56. The fourth-order valence-corrected chi connectivity index (χ4v) is 3.14. The Morgan fingerprint density at radius 3 is 2.80 bits per heavy atom. The highest BCUT2D eigenvalue weighted by atomic mass is 16.5. The minimum atomic E-state index is -0.00858. The van der Waals surface area contributed by atoms with Gasteiger partial charge in [-0.1, -0.05) is 30.7 Å². The zero-order chi connectivity index (χ0) is 14.6. The van der Waals surface area contributed by atoms with E-state index in [4.69, 9.17) is 4.74 Å². The van der Waals surface area contributed by atoms with Crippen LogP contribution in [0, 0.1) is 13.8 Å². The lowest BCUT2D eigenvalue weighted by molar-refractivity contribution is -0.0114. The molecule has 0 radical (unpaired) electrons. The number of aryl methyl sites for hydroxylation is 2. The molecule has 2 rings (SSSR count). The Morgan fingerprint density at radius 1 is 1.35 bits per heavy atom. The molecule has 2 nitrogen and oxygen atoms in total. The van der Waals surface area contributed by atoms with E-state index in [0.29, 0.717) is 6.04 Å². The highest BCUT2D eigenvalue weighted by Crippen LogP contribution is 2.31. The van der Waals surface area contributed by atoms with E-state index in [0.717, 1.165) is 19.6 Å². The molecule has 0 aromatic heterocycles. The molecule has 2 unspecified atom stereocenters. The lowest BCUT2D eigenvalue weighted by atomic mass is 9.86. The van der Waals surface area contributed by atoms with E-state index in [1.807, 2.05) is 0 Å². The summed E-state index contributed by atoms with van der Waals surface area (Å²) in [7, 11) is 0. The Kier molecular flexibility index (Phi) is 5.22. The summed E-state index contributed by atoms with van der Waals surface area (Å²) in [6.07, 6.45) is 4.58. The maximum Gasteiger partial charge on any atom is 0.0810 e. The summed E-state index contributed by atoms with van der Waals surface area (Å²) >= 11 is 0. The molecule has 0 aliphatic carbocycles. The average Bonchev–Trinajstić information content (AvgIpc) is 2.86. The number of hydrogen-bond acceptors (Lipinski definition) is 2. The first-order valence-corrected chi connectivity index (χ1v) is 7.98. The fraction of sp³-hybridized carbons (Fsp3) is 0.667. The Labute approximate surface area is 123 Å². The lowest BCUT2D eigenvalue weighted by Gasteiger charge is -2.34. The Morgan fingerprint density at radius 2 is 2.15 bits per heavy atom. The van der Waals surface area contributed by atoms with Gasteiger partial charge in [0, 0.05) is 12.6 Å². The van der Waals surface area contributed by atoms with Crippen LogP contribution in [0.25, 0.3) is 0 Å². The molecule has 0 saturated carbocycles. The van der Waals surface area contributed by atoms with Crippen LogP contribution in [-0.2, 0) is 11.2 Å². The third kappa shape index (κ3) is 3.62. The van der Waals surface area contributed by atoms with E-state index >= 15 is 0 Å². The van der Waals surface area contributed by atoms with Gasteiger partial charge in [0.15, 0.2) is 0 Å². The smallest absolute Gasteiger partial charge is 0.0810 e. The van der Waals surface area contributed by atoms with Crippen molar-refractivity contribution in [2.75, 3.05) is 13.2 Å². The van der Waals surface area contributed by atoms with Crippen LogP contribution in [0.5, 0.6) is 0 Å². The molecule has 1 aromatic carbocycles. The van der Waals surface area contributed by atoms with Crippen LogP contribution in [0.3, 0.4) is 0 Å². The van der Waals surface area contributed by atoms with E-state index in [-0.39, 0.29) is 5.60 Å². The standard InChI is InChI=1S/C18H29NO/c1-5-10-19-17(18(4)9-6-11-20-18)13-16-12-14(2)7-8-15(16)3/h7-8,12,17,19H,5-6,9-11,13H2,1-4H3. The van der Waals surface area contributed by atoms with Gasteiger partial charge in [0.2, 0.25) is 0 Å². The second-order valence-electron chi connectivity index (χ2n) is 6.41. The van der Waals surface area contributed by atoms with Gasteiger partial charge >= 0.3 is 0 Å². The molecule has 1 aliphatic rings. The minimum absolute atomic E-state index is 0.00858. The summed E-state index contributed by atoms with van der Waals surface area (Å²) < 4.78 is 6.08. The molecule has 0 amide bonds. The maximum atomic E-state index is 6.08. The van der Waals surface area contributed by atoms with Crippen LogP contribution in [0.2, 0.25) is 0 Å². The second kappa shape index (κ2) is 6.73. The van der Waals surface area contributed by atoms with Gasteiger partial charge in [-0.25, -0.2) is 0 Å². The average molecular weight is 275 g/mol. The third-order valence-corrected chi connectivity index (χ3v) is 4.56. The van der Waals surface area contributed by atoms with Gasteiger partial charge in [0.25, 0.3) is 0 Å². The van der Waals surface area contributed by atoms with Crippen LogP contribution in [0.1, 0.15) is 49.8 Å². The molecular weight excluding hydrogens is 246 g/mol. The van der Waals surface area contributed by atoms with Crippen LogP contribution < -0.4 is 5.32 Å². The molecule has 2 atom stereocenters. The molecule has 1 N–H and O–H groups in total. The summed E-state index contributed by atoms with van der Waals surface area (Å²) in [4.78, 5) is 0. The Hall–Kier alpha value is -0.860. The monoisotopic (exact) mass is 275 g/mol. The SMILES string of the molecule is CCCNC(Cc1cc(C)ccc1C)C1(C)CCCO1. The van der Waals surface area contributed by atoms with Crippen molar-refractivity contribution in [3.05, 3.63) is 34.9 Å². The number of nitrogens with one attached hydrogen (secondary N) is 1. The number of ether oxygens (including phenoxy) is 1. The minimum Gasteiger partial charge on any atom is -0.374 e. The van der Waals surface area contributed by atoms with E-state index in [1.54, 1.807) is 0 Å². The van der Waals surface area contributed by atoms with Gasteiger partial charge in [0.05, 0.1) is 5.60 Å². The molecule has 2 heteroatoms. The van der Waals surface area contributed by atoms with Crippen LogP contribution in [0.15, 0.2) is 18.2 Å². The highest BCUT2D eigenvalue weighted by molar-refractivity contribution is 5.31. The van der Waals surface area contributed by atoms with Crippen molar-refractivity contribution in [2.45, 2.75) is 65.0 Å². The quantitative estimate of drug-likeness (QED) is 0.853. The van der Waals surface area contributed by atoms with Gasteiger partial charge in [-0.05, 0) is 64.1 Å². The predicted octanol–water partition coefficient (Wildman–Crippen LogP) is 3.78. The summed E-state index contributed by atoms with van der Waals surface area (Å²) in [5, 5.41) is 3.72. The lowest BCUT2D eigenvalue weighted by Crippen LogP contribution is -2.50. The molecule has 20 heavy (non-hydrogen) atoms. The topological polar surface area (TPSA) is 21.3 Å². The van der Waals surface area contributed by atoms with Crippen molar-refractivity contribution in [2.24, 2.45) is 0 Å². The second-order valence-corrected chi connectivity index (χ2v) is 6.41.